The lowest BCUT2D eigenvalue weighted by Crippen LogP contribution is -2.25. The number of hydrogen-bond acceptors (Lipinski definition) is 3. The normalized spacial score (nSPS) is 10.4. The largest absolute Gasteiger partial charge is 0.337 e. The third-order valence-electron chi connectivity index (χ3n) is 2.33. The molecule has 0 atom stereocenters. The third-order valence-corrected chi connectivity index (χ3v) is 4.45. The number of thiophene rings is 1. The molecular formula is C12H10Br2N2OS. The van der Waals surface area contributed by atoms with Crippen molar-refractivity contribution in [2.24, 2.45) is 0 Å². The molecule has 3 nitrogen and oxygen atoms in total. The first-order chi connectivity index (χ1) is 8.56. The Kier molecular flexibility index (Phi) is 4.53. The first-order valence-electron chi connectivity index (χ1n) is 5.16. The van der Waals surface area contributed by atoms with Crippen molar-refractivity contribution in [3.8, 4) is 0 Å². The van der Waals surface area contributed by atoms with Crippen LogP contribution in [0, 0.1) is 0 Å². The van der Waals surface area contributed by atoms with E-state index in [1.165, 1.54) is 0 Å². The minimum absolute atomic E-state index is 0.0115. The summed E-state index contributed by atoms with van der Waals surface area (Å²) in [7, 11) is 1.80. The van der Waals surface area contributed by atoms with Crippen LogP contribution in [0.1, 0.15) is 15.2 Å². The van der Waals surface area contributed by atoms with Crippen molar-refractivity contribution in [1.82, 2.24) is 9.88 Å². The van der Waals surface area contributed by atoms with Crippen molar-refractivity contribution in [1.29, 1.82) is 0 Å². The van der Waals surface area contributed by atoms with Crippen LogP contribution in [0.3, 0.4) is 0 Å². The van der Waals surface area contributed by atoms with E-state index in [0.29, 0.717) is 16.7 Å². The lowest BCUT2D eigenvalue weighted by Gasteiger charge is -2.16. The summed E-state index contributed by atoms with van der Waals surface area (Å²) in [6, 6.07) is 5.47. The highest BCUT2D eigenvalue weighted by Crippen LogP contribution is 2.21. The fourth-order valence-electron chi connectivity index (χ4n) is 1.50. The van der Waals surface area contributed by atoms with E-state index >= 15 is 0 Å². The standard InChI is InChI=1S/C12H10Br2N2OS/c1-16(6-10-5-9(13)7-18-10)12(17)8-2-3-15-11(14)4-8/h2-5,7H,6H2,1H3. The molecule has 2 rings (SSSR count). The highest BCUT2D eigenvalue weighted by Gasteiger charge is 2.13. The summed E-state index contributed by atoms with van der Waals surface area (Å²) < 4.78 is 1.72. The predicted octanol–water partition coefficient (Wildman–Crippen LogP) is 3.94. The maximum Gasteiger partial charge on any atom is 0.254 e. The maximum absolute atomic E-state index is 12.2. The van der Waals surface area contributed by atoms with Crippen molar-refractivity contribution in [3.63, 3.8) is 0 Å². The maximum atomic E-state index is 12.2. The molecule has 94 valence electrons. The first kappa shape index (κ1) is 13.7. The van der Waals surface area contributed by atoms with E-state index in [9.17, 15) is 4.79 Å². The number of carbonyl (C=O) groups is 1. The highest BCUT2D eigenvalue weighted by molar-refractivity contribution is 9.10. The fourth-order valence-corrected chi connectivity index (χ4v) is 3.37. The molecule has 0 radical (unpaired) electrons. The molecule has 0 unspecified atom stereocenters. The summed E-state index contributed by atoms with van der Waals surface area (Å²) >= 11 is 8.30. The van der Waals surface area contributed by atoms with E-state index < -0.39 is 0 Å². The zero-order chi connectivity index (χ0) is 13.1. The van der Waals surface area contributed by atoms with Crippen molar-refractivity contribution in [2.45, 2.75) is 6.54 Å². The molecule has 18 heavy (non-hydrogen) atoms. The van der Waals surface area contributed by atoms with Gasteiger partial charge in [-0.25, -0.2) is 4.98 Å². The van der Waals surface area contributed by atoms with E-state index in [4.69, 9.17) is 0 Å². The average molecular weight is 390 g/mol. The molecule has 0 aliphatic carbocycles. The molecule has 0 aliphatic heterocycles. The van der Waals surface area contributed by atoms with Gasteiger partial charge in [0, 0.05) is 33.5 Å². The average Bonchev–Trinajstić information content (AvgIpc) is 2.73. The summed E-state index contributed by atoms with van der Waals surface area (Å²) in [5.41, 5.74) is 0.634. The summed E-state index contributed by atoms with van der Waals surface area (Å²) in [5, 5.41) is 2.01. The van der Waals surface area contributed by atoms with Gasteiger partial charge in [-0.2, -0.15) is 0 Å². The van der Waals surface area contributed by atoms with Crippen molar-refractivity contribution in [3.05, 3.63) is 49.3 Å². The zero-order valence-corrected chi connectivity index (χ0v) is 13.5. The molecule has 0 bridgehead atoms. The molecule has 1 amide bonds. The second kappa shape index (κ2) is 5.95. The molecule has 2 aromatic rings. The molecule has 0 fully saturated rings. The molecule has 0 saturated heterocycles. The molecule has 0 spiro atoms. The van der Waals surface area contributed by atoms with E-state index in [2.05, 4.69) is 36.8 Å². The van der Waals surface area contributed by atoms with Gasteiger partial charge in [0.1, 0.15) is 4.60 Å². The second-order valence-electron chi connectivity index (χ2n) is 3.76. The number of pyridine rings is 1. The molecule has 0 N–H and O–H groups in total. The van der Waals surface area contributed by atoms with Gasteiger partial charge in [-0.05, 0) is 50.1 Å². The van der Waals surface area contributed by atoms with Gasteiger partial charge < -0.3 is 4.90 Å². The van der Waals surface area contributed by atoms with Crippen molar-refractivity contribution < 1.29 is 4.79 Å². The van der Waals surface area contributed by atoms with Gasteiger partial charge in [0.2, 0.25) is 0 Å². The Bertz CT molecular complexity index is 571. The summed E-state index contributed by atoms with van der Waals surface area (Å²) in [4.78, 5) is 19.0. The molecule has 2 aromatic heterocycles. The van der Waals surface area contributed by atoms with E-state index in [1.807, 2.05) is 11.4 Å². The van der Waals surface area contributed by atoms with Gasteiger partial charge in [0.05, 0.1) is 6.54 Å². The molecule has 2 heterocycles. The van der Waals surface area contributed by atoms with Gasteiger partial charge in [-0.15, -0.1) is 11.3 Å². The number of amides is 1. The minimum Gasteiger partial charge on any atom is -0.337 e. The lowest BCUT2D eigenvalue weighted by atomic mass is 10.2. The van der Waals surface area contributed by atoms with Gasteiger partial charge in [0.25, 0.3) is 5.91 Å². The lowest BCUT2D eigenvalue weighted by molar-refractivity contribution is 0.0786. The summed E-state index contributed by atoms with van der Waals surface area (Å²) in [6.07, 6.45) is 1.62. The van der Waals surface area contributed by atoms with Crippen LogP contribution < -0.4 is 0 Å². The number of carbonyl (C=O) groups excluding carboxylic acids is 1. The highest BCUT2D eigenvalue weighted by atomic mass is 79.9. The van der Waals surface area contributed by atoms with Crippen LogP contribution in [0.4, 0.5) is 0 Å². The predicted molar refractivity (Wildman–Crippen MR) is 79.8 cm³/mol. The monoisotopic (exact) mass is 388 g/mol. The number of rotatable bonds is 3. The van der Waals surface area contributed by atoms with E-state index in [-0.39, 0.29) is 5.91 Å². The SMILES string of the molecule is CN(Cc1cc(Br)cs1)C(=O)c1ccnc(Br)c1. The van der Waals surface area contributed by atoms with Crippen LogP contribution in [0.5, 0.6) is 0 Å². The quantitative estimate of drug-likeness (QED) is 0.745. The smallest absolute Gasteiger partial charge is 0.254 e. The minimum atomic E-state index is -0.0115. The zero-order valence-electron chi connectivity index (χ0n) is 9.56. The summed E-state index contributed by atoms with van der Waals surface area (Å²) in [6.45, 7) is 0.606. The second-order valence-corrected chi connectivity index (χ2v) is 6.48. The Balaban J connectivity index is 2.09. The Morgan fingerprint density at radius 1 is 1.44 bits per heavy atom. The van der Waals surface area contributed by atoms with Gasteiger partial charge >= 0.3 is 0 Å². The van der Waals surface area contributed by atoms with Crippen LogP contribution >= 0.6 is 43.2 Å². The van der Waals surface area contributed by atoms with Gasteiger partial charge in [0.15, 0.2) is 0 Å². The summed E-state index contributed by atoms with van der Waals surface area (Å²) in [5.74, 6) is -0.0115. The van der Waals surface area contributed by atoms with Crippen molar-refractivity contribution in [2.75, 3.05) is 7.05 Å². The van der Waals surface area contributed by atoms with Crippen LogP contribution in [0.25, 0.3) is 0 Å². The van der Waals surface area contributed by atoms with Crippen LogP contribution in [-0.2, 0) is 6.54 Å². The molecule has 6 heteroatoms. The van der Waals surface area contributed by atoms with Gasteiger partial charge in [-0.3, -0.25) is 4.79 Å². The van der Waals surface area contributed by atoms with Crippen LogP contribution in [0.15, 0.2) is 38.9 Å². The number of nitrogens with zero attached hydrogens (tertiary/aromatic N) is 2. The Morgan fingerprint density at radius 2 is 2.22 bits per heavy atom. The Morgan fingerprint density at radius 3 is 2.83 bits per heavy atom. The fraction of sp³-hybridized carbons (Fsp3) is 0.167. The molecule has 0 saturated carbocycles. The third kappa shape index (κ3) is 3.40. The van der Waals surface area contributed by atoms with Crippen LogP contribution in [0.2, 0.25) is 0 Å². The number of aromatic nitrogens is 1. The molecule has 0 aliphatic rings. The van der Waals surface area contributed by atoms with E-state index in [0.717, 1.165) is 9.35 Å². The first-order valence-corrected chi connectivity index (χ1v) is 7.63. The Hall–Kier alpha value is -0.720. The Labute approximate surface area is 126 Å². The van der Waals surface area contributed by atoms with E-state index in [1.54, 1.807) is 41.6 Å². The topological polar surface area (TPSA) is 33.2 Å². The number of hydrogen-bond donors (Lipinski definition) is 0. The van der Waals surface area contributed by atoms with Crippen LogP contribution in [-0.4, -0.2) is 22.8 Å². The van der Waals surface area contributed by atoms with Crippen molar-refractivity contribution >= 4 is 49.1 Å². The van der Waals surface area contributed by atoms with Gasteiger partial charge in [-0.1, -0.05) is 0 Å². The number of halogens is 2. The molecular weight excluding hydrogens is 380 g/mol. The molecule has 0 aromatic carbocycles.